The first-order chi connectivity index (χ1) is 15.0. The normalized spacial score (nSPS) is 20.8. The summed E-state index contributed by atoms with van der Waals surface area (Å²) >= 11 is 0. The number of benzene rings is 1. The van der Waals surface area contributed by atoms with Gasteiger partial charge in [0.15, 0.2) is 0 Å². The van der Waals surface area contributed by atoms with Gasteiger partial charge >= 0.3 is 6.36 Å². The maximum Gasteiger partial charge on any atom is 0.573 e. The van der Waals surface area contributed by atoms with Gasteiger partial charge in [-0.15, -0.1) is 13.2 Å². The number of aromatic nitrogens is 1. The molecule has 1 aromatic heterocycles. The molecule has 8 heteroatoms. The average molecular weight is 450 g/mol. The van der Waals surface area contributed by atoms with E-state index in [0.717, 1.165) is 31.6 Å². The van der Waals surface area contributed by atoms with Crippen LogP contribution in [0.1, 0.15) is 44.7 Å². The van der Waals surface area contributed by atoms with Crippen LogP contribution < -0.4 is 9.64 Å². The lowest BCUT2D eigenvalue weighted by Gasteiger charge is -2.58. The summed E-state index contributed by atoms with van der Waals surface area (Å²) in [4.78, 5) is 8.94. The van der Waals surface area contributed by atoms with E-state index in [1.165, 1.54) is 24.3 Å². The zero-order chi connectivity index (χ0) is 23.1. The van der Waals surface area contributed by atoms with Crippen LogP contribution in [0.3, 0.4) is 0 Å². The number of halogens is 3. The van der Waals surface area contributed by atoms with Crippen molar-refractivity contribution in [2.24, 2.45) is 5.41 Å². The predicted molar refractivity (Wildman–Crippen MR) is 117 cm³/mol. The highest BCUT2D eigenvalue weighted by Gasteiger charge is 2.56. The Bertz CT molecular complexity index is 936. The minimum atomic E-state index is -4.76. The SMILES string of the molecule is CC(C)N1CC(C)([C@](O)(c2ccc(OC(F)(F)F)cc2)c2cncc(N3CCCC3)c2)C1. The summed E-state index contributed by atoms with van der Waals surface area (Å²) in [5.74, 6) is -0.310. The summed E-state index contributed by atoms with van der Waals surface area (Å²) in [6.07, 6.45) is 0.956. The number of alkyl halides is 3. The predicted octanol–water partition coefficient (Wildman–Crippen LogP) is 4.55. The molecular weight excluding hydrogens is 419 g/mol. The summed E-state index contributed by atoms with van der Waals surface area (Å²) in [6.45, 7) is 9.46. The van der Waals surface area contributed by atoms with Gasteiger partial charge in [-0.1, -0.05) is 19.1 Å². The number of rotatable bonds is 6. The summed E-state index contributed by atoms with van der Waals surface area (Å²) in [5.41, 5.74) is 0.182. The van der Waals surface area contributed by atoms with Gasteiger partial charge in [-0.2, -0.15) is 0 Å². The monoisotopic (exact) mass is 449 g/mol. The Labute approximate surface area is 186 Å². The first kappa shape index (κ1) is 22.9. The molecule has 0 spiro atoms. The van der Waals surface area contributed by atoms with E-state index in [4.69, 9.17) is 0 Å². The molecule has 0 radical (unpaired) electrons. The summed E-state index contributed by atoms with van der Waals surface area (Å²) in [6, 6.07) is 7.87. The number of hydrogen-bond donors (Lipinski definition) is 1. The lowest BCUT2D eigenvalue weighted by atomic mass is 9.61. The van der Waals surface area contributed by atoms with Crippen molar-refractivity contribution >= 4 is 5.69 Å². The highest BCUT2D eigenvalue weighted by Crippen LogP contribution is 2.51. The van der Waals surface area contributed by atoms with Gasteiger partial charge in [-0.05, 0) is 50.5 Å². The van der Waals surface area contributed by atoms with Crippen molar-refractivity contribution in [1.82, 2.24) is 9.88 Å². The minimum Gasteiger partial charge on any atom is -0.406 e. The topological polar surface area (TPSA) is 48.8 Å². The van der Waals surface area contributed by atoms with Crippen LogP contribution in [-0.4, -0.2) is 53.6 Å². The Morgan fingerprint density at radius 2 is 1.66 bits per heavy atom. The molecule has 2 aliphatic heterocycles. The molecule has 0 aliphatic carbocycles. The highest BCUT2D eigenvalue weighted by atomic mass is 19.4. The Hall–Kier alpha value is -2.32. The molecule has 2 aliphatic rings. The molecule has 0 saturated carbocycles. The van der Waals surface area contributed by atoms with E-state index >= 15 is 0 Å². The highest BCUT2D eigenvalue weighted by molar-refractivity contribution is 5.51. The van der Waals surface area contributed by atoms with E-state index in [-0.39, 0.29) is 5.75 Å². The number of ether oxygens (including phenoxy) is 1. The van der Waals surface area contributed by atoms with E-state index < -0.39 is 17.4 Å². The van der Waals surface area contributed by atoms with E-state index in [1.807, 2.05) is 13.0 Å². The molecule has 4 rings (SSSR count). The zero-order valence-electron chi connectivity index (χ0n) is 18.7. The molecule has 1 atom stereocenters. The lowest BCUT2D eigenvalue weighted by molar-refractivity contribution is -0.274. The van der Waals surface area contributed by atoms with Gasteiger partial charge < -0.3 is 14.7 Å². The summed E-state index contributed by atoms with van der Waals surface area (Å²) in [5, 5.41) is 12.3. The van der Waals surface area contributed by atoms with E-state index in [2.05, 4.69) is 33.4 Å². The van der Waals surface area contributed by atoms with Gasteiger partial charge in [0.2, 0.25) is 0 Å². The van der Waals surface area contributed by atoms with Gasteiger partial charge in [0, 0.05) is 49.4 Å². The fourth-order valence-corrected chi connectivity index (χ4v) is 4.98. The molecule has 0 unspecified atom stereocenters. The Balaban J connectivity index is 1.74. The third-order valence-corrected chi connectivity index (χ3v) is 6.83. The van der Waals surface area contributed by atoms with Crippen molar-refractivity contribution in [3.63, 3.8) is 0 Å². The van der Waals surface area contributed by atoms with Crippen LogP contribution in [-0.2, 0) is 5.60 Å². The number of hydrogen-bond acceptors (Lipinski definition) is 5. The van der Waals surface area contributed by atoms with Crippen LogP contribution in [0.5, 0.6) is 5.75 Å². The molecule has 2 fully saturated rings. The maximum atomic E-state index is 12.6. The molecule has 0 bridgehead atoms. The van der Waals surface area contributed by atoms with Crippen molar-refractivity contribution in [1.29, 1.82) is 0 Å². The van der Waals surface area contributed by atoms with Crippen molar-refractivity contribution in [3.8, 4) is 5.75 Å². The van der Waals surface area contributed by atoms with E-state index in [0.29, 0.717) is 30.3 Å². The summed E-state index contributed by atoms with van der Waals surface area (Å²) < 4.78 is 41.9. The molecule has 2 aromatic rings. The van der Waals surface area contributed by atoms with Crippen LogP contribution in [0.4, 0.5) is 18.9 Å². The maximum absolute atomic E-state index is 12.6. The van der Waals surface area contributed by atoms with Gasteiger partial charge in [0.25, 0.3) is 0 Å². The molecule has 1 N–H and O–H groups in total. The first-order valence-electron chi connectivity index (χ1n) is 11.0. The van der Waals surface area contributed by atoms with E-state index in [1.54, 1.807) is 12.4 Å². The number of pyridine rings is 1. The molecule has 3 heterocycles. The van der Waals surface area contributed by atoms with Crippen LogP contribution in [0.15, 0.2) is 42.7 Å². The number of nitrogens with zero attached hydrogens (tertiary/aromatic N) is 3. The van der Waals surface area contributed by atoms with Gasteiger partial charge in [0.1, 0.15) is 11.4 Å². The average Bonchev–Trinajstić information content (AvgIpc) is 3.25. The van der Waals surface area contributed by atoms with Crippen molar-refractivity contribution in [3.05, 3.63) is 53.9 Å². The minimum absolute atomic E-state index is 0.310. The fourth-order valence-electron chi connectivity index (χ4n) is 4.98. The van der Waals surface area contributed by atoms with E-state index in [9.17, 15) is 18.3 Å². The molecule has 5 nitrogen and oxygen atoms in total. The first-order valence-corrected chi connectivity index (χ1v) is 11.0. The van der Waals surface area contributed by atoms with Crippen LogP contribution in [0.2, 0.25) is 0 Å². The molecule has 174 valence electrons. The quantitative estimate of drug-likeness (QED) is 0.701. The van der Waals surface area contributed by atoms with Gasteiger partial charge in [-0.3, -0.25) is 9.88 Å². The van der Waals surface area contributed by atoms with Crippen LogP contribution in [0.25, 0.3) is 0 Å². The van der Waals surface area contributed by atoms with Crippen molar-refractivity contribution in [2.45, 2.75) is 51.6 Å². The second-order valence-electron chi connectivity index (χ2n) is 9.47. The number of likely N-dealkylation sites (tertiary alicyclic amines) is 1. The lowest BCUT2D eigenvalue weighted by Crippen LogP contribution is -2.66. The van der Waals surface area contributed by atoms with Crippen LogP contribution >= 0.6 is 0 Å². The van der Waals surface area contributed by atoms with Gasteiger partial charge in [-0.25, -0.2) is 0 Å². The Morgan fingerprint density at radius 3 is 2.22 bits per heavy atom. The van der Waals surface area contributed by atoms with Crippen molar-refractivity contribution in [2.75, 3.05) is 31.1 Å². The molecule has 32 heavy (non-hydrogen) atoms. The number of anilines is 1. The third kappa shape index (κ3) is 4.18. The third-order valence-electron chi connectivity index (χ3n) is 6.83. The molecule has 2 saturated heterocycles. The number of aliphatic hydroxyl groups is 1. The molecular formula is C24H30F3N3O2. The fraction of sp³-hybridized carbons (Fsp3) is 0.542. The van der Waals surface area contributed by atoms with Crippen LogP contribution in [0, 0.1) is 5.41 Å². The standard InChI is InChI=1S/C24H30F3N3O2/c1-17(2)30-15-22(3,16-30)23(31,18-6-8-21(9-7-18)32-24(25,26)27)19-12-20(14-28-13-19)29-10-4-5-11-29/h6-9,12-14,17,31H,4-5,10-11,15-16H2,1-3H3/t23-/m0/s1. The smallest absolute Gasteiger partial charge is 0.406 e. The largest absolute Gasteiger partial charge is 0.573 e. The second-order valence-corrected chi connectivity index (χ2v) is 9.47. The molecule has 1 aromatic carbocycles. The van der Waals surface area contributed by atoms with Crippen molar-refractivity contribution < 1.29 is 23.0 Å². The second kappa shape index (κ2) is 8.23. The molecule has 0 amide bonds. The Morgan fingerprint density at radius 1 is 1.03 bits per heavy atom. The zero-order valence-corrected chi connectivity index (χ0v) is 18.7. The summed E-state index contributed by atoms with van der Waals surface area (Å²) in [7, 11) is 0. The van der Waals surface area contributed by atoms with Gasteiger partial charge in [0.05, 0.1) is 11.9 Å². The Kier molecular flexibility index (Phi) is 5.88.